The van der Waals surface area contributed by atoms with Crippen molar-refractivity contribution in [1.82, 2.24) is 10.2 Å². The zero-order chi connectivity index (χ0) is 25.9. The fraction of sp³-hybridized carbons (Fsp3) is 0.276. The highest BCUT2D eigenvalue weighted by Crippen LogP contribution is 2.54. The Kier molecular flexibility index (Phi) is 5.58. The molecule has 3 aliphatic heterocycles. The molecule has 3 N–H and O–H groups in total. The molecule has 4 atom stereocenters. The van der Waals surface area contributed by atoms with Crippen molar-refractivity contribution in [2.45, 2.75) is 31.3 Å². The van der Waals surface area contributed by atoms with E-state index in [0.717, 1.165) is 16.7 Å². The molecule has 0 radical (unpaired) electrons. The zero-order valence-electron chi connectivity index (χ0n) is 20.2. The second kappa shape index (κ2) is 8.71. The maximum absolute atomic E-state index is 14.0. The molecule has 2 saturated heterocycles. The molecule has 1 spiro atoms. The van der Waals surface area contributed by atoms with Gasteiger partial charge in [-0.3, -0.25) is 24.6 Å². The molecule has 0 saturated carbocycles. The van der Waals surface area contributed by atoms with Gasteiger partial charge in [-0.15, -0.1) is 0 Å². The minimum absolute atomic E-state index is 0.144. The van der Waals surface area contributed by atoms with Crippen LogP contribution in [0.1, 0.15) is 22.3 Å². The second-order valence-corrected chi connectivity index (χ2v) is 10.5. The van der Waals surface area contributed by atoms with Crippen molar-refractivity contribution in [2.75, 3.05) is 11.9 Å². The standard InChI is InChI=1S/C29H26ClN3O4/c1-16-13-20-25(21(30)14-16)31-28(37)29(20)24-23(22(32-29)15-18-7-9-19(34)10-8-18)26(35)33(27(24)36)12-11-17-5-3-2-4-6-17/h2-10,13-14,22-24,32,34H,11-12,15H2,1H3,(H,31,37)/t22-,23+,24-,29+/m0/s1. The topological polar surface area (TPSA) is 98.7 Å². The predicted molar refractivity (Wildman–Crippen MR) is 139 cm³/mol. The Hall–Kier alpha value is -3.68. The van der Waals surface area contributed by atoms with Gasteiger partial charge in [0.2, 0.25) is 17.7 Å². The highest BCUT2D eigenvalue weighted by Gasteiger charge is 2.70. The van der Waals surface area contributed by atoms with Gasteiger partial charge in [0.15, 0.2) is 0 Å². The van der Waals surface area contributed by atoms with Crippen LogP contribution >= 0.6 is 11.6 Å². The summed E-state index contributed by atoms with van der Waals surface area (Å²) in [5.41, 5.74) is 2.46. The highest BCUT2D eigenvalue weighted by atomic mass is 35.5. The summed E-state index contributed by atoms with van der Waals surface area (Å²) in [7, 11) is 0. The molecule has 188 valence electrons. The summed E-state index contributed by atoms with van der Waals surface area (Å²) in [6.45, 7) is 2.14. The number of carbonyl (C=O) groups excluding carboxylic acids is 3. The Bertz CT molecular complexity index is 1430. The number of fused-ring (bicyclic) bond motifs is 4. The number of aryl methyl sites for hydroxylation is 1. The normalized spacial score (nSPS) is 26.1. The first kappa shape index (κ1) is 23.7. The minimum Gasteiger partial charge on any atom is -0.508 e. The van der Waals surface area contributed by atoms with Gasteiger partial charge in [0.25, 0.3) is 0 Å². The number of hydrogen-bond donors (Lipinski definition) is 3. The van der Waals surface area contributed by atoms with Crippen molar-refractivity contribution < 1.29 is 19.5 Å². The predicted octanol–water partition coefficient (Wildman–Crippen LogP) is 3.56. The molecule has 3 heterocycles. The summed E-state index contributed by atoms with van der Waals surface area (Å²) in [5.74, 6) is -2.44. The van der Waals surface area contributed by atoms with E-state index >= 15 is 0 Å². The molecule has 3 aromatic carbocycles. The third-order valence-electron chi connectivity index (χ3n) is 7.87. The van der Waals surface area contributed by atoms with Crippen LogP contribution in [0.2, 0.25) is 5.02 Å². The molecule has 0 aliphatic carbocycles. The zero-order valence-corrected chi connectivity index (χ0v) is 21.0. The van der Waals surface area contributed by atoms with Crippen molar-refractivity contribution in [2.24, 2.45) is 11.8 Å². The number of benzene rings is 3. The van der Waals surface area contributed by atoms with Crippen LogP contribution in [0.5, 0.6) is 5.75 Å². The number of nitrogens with one attached hydrogen (secondary N) is 2. The van der Waals surface area contributed by atoms with Crippen LogP contribution in [0.25, 0.3) is 0 Å². The second-order valence-electron chi connectivity index (χ2n) is 10.1. The van der Waals surface area contributed by atoms with Gasteiger partial charge >= 0.3 is 0 Å². The van der Waals surface area contributed by atoms with Crippen molar-refractivity contribution in [3.05, 3.63) is 94.0 Å². The van der Waals surface area contributed by atoms with Crippen LogP contribution in [-0.2, 0) is 32.8 Å². The van der Waals surface area contributed by atoms with Gasteiger partial charge in [0, 0.05) is 18.2 Å². The van der Waals surface area contributed by atoms with Crippen LogP contribution in [0.15, 0.2) is 66.7 Å². The molecule has 0 unspecified atom stereocenters. The van der Waals surface area contributed by atoms with Crippen LogP contribution in [-0.4, -0.2) is 40.3 Å². The van der Waals surface area contributed by atoms with Crippen molar-refractivity contribution in [1.29, 1.82) is 0 Å². The molecule has 6 rings (SSSR count). The third kappa shape index (κ3) is 3.64. The SMILES string of the molecule is Cc1cc(Cl)c2c(c1)[C@]1(N[C@@H](Cc3ccc(O)cc3)[C@H]3C(=O)N(CCc4ccccc4)C(=O)[C@H]31)C(=O)N2. The maximum Gasteiger partial charge on any atom is 0.250 e. The third-order valence-corrected chi connectivity index (χ3v) is 8.17. The summed E-state index contributed by atoms with van der Waals surface area (Å²) >= 11 is 6.51. The monoisotopic (exact) mass is 515 g/mol. The fourth-order valence-corrected chi connectivity index (χ4v) is 6.54. The Labute approximate surface area is 219 Å². The summed E-state index contributed by atoms with van der Waals surface area (Å²) < 4.78 is 0. The van der Waals surface area contributed by atoms with Gasteiger partial charge in [-0.25, -0.2) is 0 Å². The number of likely N-dealkylation sites (tertiary alicyclic amines) is 1. The van der Waals surface area contributed by atoms with E-state index < -0.39 is 23.4 Å². The number of aromatic hydroxyl groups is 1. The largest absolute Gasteiger partial charge is 0.508 e. The minimum atomic E-state index is -1.40. The van der Waals surface area contributed by atoms with Gasteiger partial charge < -0.3 is 10.4 Å². The number of halogens is 1. The van der Waals surface area contributed by atoms with Crippen LogP contribution in [0, 0.1) is 18.8 Å². The summed E-state index contributed by atoms with van der Waals surface area (Å²) in [6.07, 6.45) is 0.950. The Balaban J connectivity index is 1.42. The molecule has 7 nitrogen and oxygen atoms in total. The summed E-state index contributed by atoms with van der Waals surface area (Å²) in [5, 5.41) is 16.4. The number of amides is 3. The van der Waals surface area contributed by atoms with Crippen molar-refractivity contribution in [3.63, 3.8) is 0 Å². The summed E-state index contributed by atoms with van der Waals surface area (Å²) in [4.78, 5) is 42.8. The van der Waals surface area contributed by atoms with E-state index in [9.17, 15) is 19.5 Å². The lowest BCUT2D eigenvalue weighted by atomic mass is 9.76. The number of anilines is 1. The van der Waals surface area contributed by atoms with Crippen molar-refractivity contribution >= 4 is 35.0 Å². The van der Waals surface area contributed by atoms with Gasteiger partial charge in [-0.2, -0.15) is 0 Å². The molecule has 0 aromatic heterocycles. The molecule has 8 heteroatoms. The number of nitrogens with zero attached hydrogens (tertiary/aromatic N) is 1. The van der Waals surface area contributed by atoms with E-state index in [1.54, 1.807) is 30.3 Å². The van der Waals surface area contributed by atoms with Crippen LogP contribution in [0.4, 0.5) is 5.69 Å². The van der Waals surface area contributed by atoms with Gasteiger partial charge in [0.05, 0.1) is 22.5 Å². The molecular weight excluding hydrogens is 490 g/mol. The molecule has 3 aromatic rings. The number of hydrogen-bond acceptors (Lipinski definition) is 5. The lowest BCUT2D eigenvalue weighted by Crippen LogP contribution is -2.53. The lowest BCUT2D eigenvalue weighted by Gasteiger charge is -2.30. The van der Waals surface area contributed by atoms with E-state index in [2.05, 4.69) is 10.6 Å². The average molecular weight is 516 g/mol. The van der Waals surface area contributed by atoms with E-state index in [4.69, 9.17) is 11.6 Å². The molecular formula is C29H26ClN3O4. The first-order chi connectivity index (χ1) is 17.8. The fourth-order valence-electron chi connectivity index (χ4n) is 6.22. The van der Waals surface area contributed by atoms with Gasteiger partial charge in [-0.1, -0.05) is 60.1 Å². The van der Waals surface area contributed by atoms with E-state index in [1.807, 2.05) is 43.3 Å². The molecule has 0 bridgehead atoms. The first-order valence-corrected chi connectivity index (χ1v) is 12.7. The average Bonchev–Trinajstić information content (AvgIpc) is 3.45. The Morgan fingerprint density at radius 3 is 2.43 bits per heavy atom. The number of rotatable bonds is 5. The van der Waals surface area contributed by atoms with E-state index in [0.29, 0.717) is 29.1 Å². The van der Waals surface area contributed by atoms with Gasteiger partial charge in [0.1, 0.15) is 11.3 Å². The Morgan fingerprint density at radius 1 is 0.973 bits per heavy atom. The lowest BCUT2D eigenvalue weighted by molar-refractivity contribution is -0.142. The van der Waals surface area contributed by atoms with Crippen LogP contribution in [0.3, 0.4) is 0 Å². The quantitative estimate of drug-likeness (QED) is 0.451. The van der Waals surface area contributed by atoms with Crippen molar-refractivity contribution in [3.8, 4) is 5.75 Å². The van der Waals surface area contributed by atoms with Crippen LogP contribution < -0.4 is 10.6 Å². The number of phenolic OH excluding ortho intramolecular Hbond substituents is 1. The summed E-state index contributed by atoms with van der Waals surface area (Å²) in [6, 6.07) is 19.6. The van der Waals surface area contributed by atoms with E-state index in [1.165, 1.54) is 4.90 Å². The highest BCUT2D eigenvalue weighted by molar-refractivity contribution is 6.35. The van der Waals surface area contributed by atoms with Gasteiger partial charge in [-0.05, 0) is 54.7 Å². The number of carbonyl (C=O) groups is 3. The number of imide groups is 1. The molecule has 2 fully saturated rings. The molecule has 3 amide bonds. The first-order valence-electron chi connectivity index (χ1n) is 12.4. The molecule has 3 aliphatic rings. The Morgan fingerprint density at radius 2 is 1.70 bits per heavy atom. The number of phenols is 1. The van der Waals surface area contributed by atoms with E-state index in [-0.39, 0.29) is 30.0 Å². The smallest absolute Gasteiger partial charge is 0.250 e. The molecule has 37 heavy (non-hydrogen) atoms. The maximum atomic E-state index is 14.0.